The average molecular weight is 313 g/mol. The Kier molecular flexibility index (Phi) is 4.97. The summed E-state index contributed by atoms with van der Waals surface area (Å²) in [7, 11) is -1.91. The van der Waals surface area contributed by atoms with Crippen molar-refractivity contribution < 1.29 is 23.1 Å². The van der Waals surface area contributed by atoms with Crippen LogP contribution >= 0.6 is 0 Å². The van der Waals surface area contributed by atoms with Gasteiger partial charge in [-0.25, -0.2) is 17.9 Å². The molecular weight excluding hydrogens is 294 g/mol. The SMILES string of the molecule is COC1CCCC1S(=O)(=O)NCc1ccc(C(=O)O)cc1. The highest BCUT2D eigenvalue weighted by molar-refractivity contribution is 7.90. The van der Waals surface area contributed by atoms with Gasteiger partial charge in [-0.05, 0) is 37.0 Å². The monoisotopic (exact) mass is 313 g/mol. The van der Waals surface area contributed by atoms with Crippen molar-refractivity contribution in [2.75, 3.05) is 7.11 Å². The first-order valence-corrected chi connectivity index (χ1v) is 8.32. The molecule has 1 aromatic rings. The summed E-state index contributed by atoms with van der Waals surface area (Å²) in [6, 6.07) is 6.13. The highest BCUT2D eigenvalue weighted by Gasteiger charge is 2.37. The van der Waals surface area contributed by atoms with Crippen LogP contribution in [0.2, 0.25) is 0 Å². The lowest BCUT2D eigenvalue weighted by Gasteiger charge is -2.19. The van der Waals surface area contributed by atoms with Gasteiger partial charge < -0.3 is 9.84 Å². The van der Waals surface area contributed by atoms with E-state index in [0.717, 1.165) is 18.4 Å². The van der Waals surface area contributed by atoms with Crippen molar-refractivity contribution in [3.8, 4) is 0 Å². The van der Waals surface area contributed by atoms with E-state index >= 15 is 0 Å². The number of aromatic carboxylic acids is 1. The Morgan fingerprint density at radius 3 is 2.57 bits per heavy atom. The minimum atomic E-state index is -3.44. The Morgan fingerprint density at radius 1 is 1.33 bits per heavy atom. The van der Waals surface area contributed by atoms with E-state index in [4.69, 9.17) is 9.84 Å². The van der Waals surface area contributed by atoms with Crippen molar-refractivity contribution in [2.45, 2.75) is 37.2 Å². The van der Waals surface area contributed by atoms with E-state index in [1.807, 2.05) is 0 Å². The lowest BCUT2D eigenvalue weighted by molar-refractivity contribution is 0.0697. The number of methoxy groups -OCH3 is 1. The number of rotatable bonds is 6. The lowest BCUT2D eigenvalue weighted by atomic mass is 10.1. The number of ether oxygens (including phenoxy) is 1. The molecule has 2 rings (SSSR count). The zero-order valence-corrected chi connectivity index (χ0v) is 12.6. The number of carboxylic acids is 1. The van der Waals surface area contributed by atoms with Crippen molar-refractivity contribution in [3.63, 3.8) is 0 Å². The van der Waals surface area contributed by atoms with E-state index in [1.54, 1.807) is 12.1 Å². The molecule has 1 aliphatic carbocycles. The summed E-state index contributed by atoms with van der Waals surface area (Å²) < 4.78 is 32.3. The molecule has 2 N–H and O–H groups in total. The van der Waals surface area contributed by atoms with Crippen LogP contribution in [-0.4, -0.2) is 38.0 Å². The maximum Gasteiger partial charge on any atom is 0.335 e. The van der Waals surface area contributed by atoms with Crippen LogP contribution in [0.5, 0.6) is 0 Å². The molecule has 0 aromatic heterocycles. The van der Waals surface area contributed by atoms with Gasteiger partial charge >= 0.3 is 5.97 Å². The Morgan fingerprint density at radius 2 is 2.00 bits per heavy atom. The van der Waals surface area contributed by atoms with E-state index in [2.05, 4.69) is 4.72 Å². The van der Waals surface area contributed by atoms with Gasteiger partial charge in [-0.2, -0.15) is 0 Å². The van der Waals surface area contributed by atoms with Gasteiger partial charge in [-0.15, -0.1) is 0 Å². The minimum absolute atomic E-state index is 0.148. The van der Waals surface area contributed by atoms with Crippen LogP contribution in [0.15, 0.2) is 24.3 Å². The Hall–Kier alpha value is -1.44. The molecule has 0 saturated heterocycles. The molecule has 7 heteroatoms. The molecule has 0 radical (unpaired) electrons. The van der Waals surface area contributed by atoms with E-state index in [1.165, 1.54) is 19.2 Å². The molecule has 0 heterocycles. The topological polar surface area (TPSA) is 92.7 Å². The number of hydrogen-bond acceptors (Lipinski definition) is 4. The van der Waals surface area contributed by atoms with Gasteiger partial charge in [0.2, 0.25) is 10.0 Å². The van der Waals surface area contributed by atoms with Gasteiger partial charge in [0.05, 0.1) is 11.7 Å². The summed E-state index contributed by atoms with van der Waals surface area (Å²) in [6.45, 7) is 0.148. The molecule has 2 unspecified atom stereocenters. The second-order valence-electron chi connectivity index (χ2n) is 5.11. The van der Waals surface area contributed by atoms with Crippen molar-refractivity contribution in [3.05, 3.63) is 35.4 Å². The van der Waals surface area contributed by atoms with Crippen LogP contribution in [0, 0.1) is 0 Å². The van der Waals surface area contributed by atoms with Crippen molar-refractivity contribution in [2.24, 2.45) is 0 Å². The number of carbonyl (C=O) groups is 1. The molecule has 1 aliphatic rings. The van der Waals surface area contributed by atoms with E-state index in [-0.39, 0.29) is 18.2 Å². The number of sulfonamides is 1. The standard InChI is InChI=1S/C14H19NO5S/c1-20-12-3-2-4-13(12)21(18,19)15-9-10-5-7-11(8-6-10)14(16)17/h5-8,12-13,15H,2-4,9H2,1H3,(H,16,17). The summed E-state index contributed by atoms with van der Waals surface area (Å²) in [5.74, 6) is -1.00. The van der Waals surface area contributed by atoms with Crippen LogP contribution in [-0.2, 0) is 21.3 Å². The summed E-state index contributed by atoms with van der Waals surface area (Å²) >= 11 is 0. The van der Waals surface area contributed by atoms with Gasteiger partial charge in [0.25, 0.3) is 0 Å². The van der Waals surface area contributed by atoms with Crippen LogP contribution in [0.3, 0.4) is 0 Å². The quantitative estimate of drug-likeness (QED) is 0.827. The van der Waals surface area contributed by atoms with Gasteiger partial charge in [-0.1, -0.05) is 12.1 Å². The van der Waals surface area contributed by atoms with Crippen molar-refractivity contribution >= 4 is 16.0 Å². The highest BCUT2D eigenvalue weighted by atomic mass is 32.2. The summed E-state index contributed by atoms with van der Waals surface area (Å²) in [5, 5.41) is 8.30. The predicted molar refractivity (Wildman–Crippen MR) is 77.6 cm³/mol. The van der Waals surface area contributed by atoms with Gasteiger partial charge in [0.1, 0.15) is 5.25 Å². The normalized spacial score (nSPS) is 22.3. The first-order valence-electron chi connectivity index (χ1n) is 6.77. The third kappa shape index (κ3) is 3.81. The van der Waals surface area contributed by atoms with E-state index in [0.29, 0.717) is 6.42 Å². The second-order valence-corrected chi connectivity index (χ2v) is 7.10. The predicted octanol–water partition coefficient (Wildman–Crippen LogP) is 1.37. The molecular formula is C14H19NO5S. The van der Waals surface area contributed by atoms with Crippen LogP contribution < -0.4 is 4.72 Å². The molecule has 21 heavy (non-hydrogen) atoms. The van der Waals surface area contributed by atoms with Crippen molar-refractivity contribution in [1.82, 2.24) is 4.72 Å². The minimum Gasteiger partial charge on any atom is -0.478 e. The largest absolute Gasteiger partial charge is 0.478 e. The van der Waals surface area contributed by atoms with E-state index < -0.39 is 21.2 Å². The fourth-order valence-electron chi connectivity index (χ4n) is 2.57. The molecule has 0 spiro atoms. The molecule has 0 amide bonds. The molecule has 2 atom stereocenters. The molecule has 6 nitrogen and oxygen atoms in total. The second kappa shape index (κ2) is 6.55. The van der Waals surface area contributed by atoms with Gasteiger partial charge in [0, 0.05) is 13.7 Å². The smallest absolute Gasteiger partial charge is 0.335 e. The Labute approximate surface area is 124 Å². The summed E-state index contributed by atoms with van der Waals surface area (Å²) in [4.78, 5) is 10.7. The number of carboxylic acid groups (broad SMARTS) is 1. The molecule has 0 bridgehead atoms. The average Bonchev–Trinajstić information content (AvgIpc) is 2.95. The van der Waals surface area contributed by atoms with Crippen LogP contribution in [0.1, 0.15) is 35.2 Å². The summed E-state index contributed by atoms with van der Waals surface area (Å²) in [5.41, 5.74) is 0.896. The van der Waals surface area contributed by atoms with Crippen LogP contribution in [0.4, 0.5) is 0 Å². The zero-order valence-electron chi connectivity index (χ0n) is 11.8. The van der Waals surface area contributed by atoms with Gasteiger partial charge in [-0.3, -0.25) is 0 Å². The Bertz CT molecular complexity index is 596. The molecule has 1 fully saturated rings. The number of benzene rings is 1. The molecule has 1 saturated carbocycles. The van der Waals surface area contributed by atoms with Crippen molar-refractivity contribution in [1.29, 1.82) is 0 Å². The molecule has 1 aromatic carbocycles. The molecule has 116 valence electrons. The summed E-state index contributed by atoms with van der Waals surface area (Å²) in [6.07, 6.45) is 1.95. The fourth-order valence-corrected chi connectivity index (χ4v) is 4.28. The zero-order chi connectivity index (χ0) is 15.5. The van der Waals surface area contributed by atoms with E-state index in [9.17, 15) is 13.2 Å². The lowest BCUT2D eigenvalue weighted by Crippen LogP contribution is -2.39. The fraction of sp³-hybridized carbons (Fsp3) is 0.500. The third-order valence-corrected chi connectivity index (χ3v) is 5.65. The Balaban J connectivity index is 1.99. The number of hydrogen-bond donors (Lipinski definition) is 2. The van der Waals surface area contributed by atoms with Crippen LogP contribution in [0.25, 0.3) is 0 Å². The maximum atomic E-state index is 12.3. The van der Waals surface area contributed by atoms with Gasteiger partial charge in [0.15, 0.2) is 0 Å². The third-order valence-electron chi connectivity index (χ3n) is 3.77. The highest BCUT2D eigenvalue weighted by Crippen LogP contribution is 2.27. The maximum absolute atomic E-state index is 12.3. The first kappa shape index (κ1) is 15.9. The molecule has 0 aliphatic heterocycles. The number of nitrogens with one attached hydrogen (secondary N) is 1. The first-order chi connectivity index (χ1) is 9.94.